The van der Waals surface area contributed by atoms with Gasteiger partial charge in [0.05, 0.1) is 6.61 Å². The molecule has 1 aliphatic rings. The van der Waals surface area contributed by atoms with Crippen molar-refractivity contribution in [1.29, 1.82) is 0 Å². The van der Waals surface area contributed by atoms with Crippen molar-refractivity contribution in [2.75, 3.05) is 26.8 Å². The summed E-state index contributed by atoms with van der Waals surface area (Å²) in [6.45, 7) is 2.97. The number of methoxy groups -OCH3 is 1. The third-order valence-corrected chi connectivity index (χ3v) is 4.41. The minimum absolute atomic E-state index is 0.586. The molecular formula is C17H27NO. The Morgan fingerprint density at radius 1 is 1.21 bits per heavy atom. The van der Waals surface area contributed by atoms with Crippen LogP contribution in [0.25, 0.3) is 0 Å². The van der Waals surface area contributed by atoms with Gasteiger partial charge < -0.3 is 10.1 Å². The van der Waals surface area contributed by atoms with E-state index in [1.807, 2.05) is 0 Å². The third-order valence-electron chi connectivity index (χ3n) is 4.41. The first-order valence-corrected chi connectivity index (χ1v) is 7.58. The highest BCUT2D eigenvalue weighted by Crippen LogP contribution is 2.44. The maximum atomic E-state index is 5.08. The first-order valence-electron chi connectivity index (χ1n) is 7.58. The number of hydrogen-bond donors (Lipinski definition) is 1. The normalized spacial score (nSPS) is 17.1. The van der Waals surface area contributed by atoms with E-state index in [0.717, 1.165) is 13.2 Å². The smallest absolute Gasteiger partial charge is 0.0587 e. The summed E-state index contributed by atoms with van der Waals surface area (Å²) in [5.74, 6) is 0. The maximum absolute atomic E-state index is 5.08. The summed E-state index contributed by atoms with van der Waals surface area (Å²) in [6.07, 6.45) is 8.12. The van der Waals surface area contributed by atoms with E-state index in [1.54, 1.807) is 7.11 Å². The summed E-state index contributed by atoms with van der Waals surface area (Å²) in [6, 6.07) is 10.9. The molecule has 1 aliphatic carbocycles. The molecule has 19 heavy (non-hydrogen) atoms. The van der Waals surface area contributed by atoms with Crippen LogP contribution in [0.5, 0.6) is 0 Å². The monoisotopic (exact) mass is 261 g/mol. The number of rotatable bonds is 9. The fraction of sp³-hybridized carbons (Fsp3) is 0.647. The van der Waals surface area contributed by atoms with Gasteiger partial charge in [-0.2, -0.15) is 0 Å². The molecule has 0 amide bonds. The van der Waals surface area contributed by atoms with Crippen LogP contribution >= 0.6 is 0 Å². The molecule has 0 saturated heterocycles. The average Bonchev–Trinajstić information content (AvgIpc) is 2.41. The van der Waals surface area contributed by atoms with Crippen molar-refractivity contribution < 1.29 is 4.74 Å². The highest BCUT2D eigenvalue weighted by Gasteiger charge is 2.35. The molecular weight excluding hydrogens is 234 g/mol. The van der Waals surface area contributed by atoms with Crippen LogP contribution in [0.2, 0.25) is 0 Å². The number of aryl methyl sites for hydroxylation is 1. The maximum Gasteiger partial charge on any atom is 0.0587 e. The Kier molecular flexibility index (Phi) is 5.87. The molecule has 0 spiro atoms. The van der Waals surface area contributed by atoms with E-state index in [0.29, 0.717) is 5.41 Å². The molecule has 2 rings (SSSR count). The van der Waals surface area contributed by atoms with Crippen LogP contribution in [0.3, 0.4) is 0 Å². The van der Waals surface area contributed by atoms with Crippen molar-refractivity contribution in [3.05, 3.63) is 35.9 Å². The summed E-state index contributed by atoms with van der Waals surface area (Å²) in [7, 11) is 1.76. The molecule has 0 bridgehead atoms. The summed E-state index contributed by atoms with van der Waals surface area (Å²) < 4.78 is 5.08. The summed E-state index contributed by atoms with van der Waals surface area (Å²) >= 11 is 0. The lowest BCUT2D eigenvalue weighted by atomic mass is 9.65. The second kappa shape index (κ2) is 7.66. The van der Waals surface area contributed by atoms with Gasteiger partial charge in [0.1, 0.15) is 0 Å². The zero-order chi connectivity index (χ0) is 13.4. The quantitative estimate of drug-likeness (QED) is 0.688. The Morgan fingerprint density at radius 3 is 2.63 bits per heavy atom. The van der Waals surface area contributed by atoms with E-state index < -0.39 is 0 Å². The van der Waals surface area contributed by atoms with E-state index in [1.165, 1.54) is 50.6 Å². The molecule has 1 aromatic carbocycles. The molecule has 1 fully saturated rings. The van der Waals surface area contributed by atoms with Gasteiger partial charge in [-0.25, -0.2) is 0 Å². The summed E-state index contributed by atoms with van der Waals surface area (Å²) in [4.78, 5) is 0. The van der Waals surface area contributed by atoms with Gasteiger partial charge in [-0.3, -0.25) is 0 Å². The zero-order valence-corrected chi connectivity index (χ0v) is 12.2. The number of nitrogens with one attached hydrogen (secondary N) is 1. The van der Waals surface area contributed by atoms with E-state index in [4.69, 9.17) is 4.74 Å². The highest BCUT2D eigenvalue weighted by molar-refractivity contribution is 5.14. The Morgan fingerprint density at radius 2 is 2.00 bits per heavy atom. The van der Waals surface area contributed by atoms with Gasteiger partial charge in [-0.05, 0) is 43.1 Å². The molecule has 1 N–H and O–H groups in total. The zero-order valence-electron chi connectivity index (χ0n) is 12.2. The Balaban J connectivity index is 1.67. The lowest BCUT2D eigenvalue weighted by Crippen LogP contribution is -2.40. The fourth-order valence-electron chi connectivity index (χ4n) is 3.03. The molecule has 0 unspecified atom stereocenters. The van der Waals surface area contributed by atoms with Crippen LogP contribution in [0, 0.1) is 5.41 Å². The highest BCUT2D eigenvalue weighted by atomic mass is 16.5. The Bertz CT molecular complexity index is 346. The third kappa shape index (κ3) is 4.63. The minimum atomic E-state index is 0.586. The molecule has 106 valence electrons. The van der Waals surface area contributed by atoms with Gasteiger partial charge in [0, 0.05) is 20.2 Å². The predicted molar refractivity (Wildman–Crippen MR) is 80.4 cm³/mol. The van der Waals surface area contributed by atoms with Crippen molar-refractivity contribution in [3.63, 3.8) is 0 Å². The van der Waals surface area contributed by atoms with Crippen molar-refractivity contribution in [2.45, 2.75) is 38.5 Å². The van der Waals surface area contributed by atoms with Crippen LogP contribution in [-0.4, -0.2) is 26.8 Å². The van der Waals surface area contributed by atoms with Gasteiger partial charge >= 0.3 is 0 Å². The van der Waals surface area contributed by atoms with E-state index in [-0.39, 0.29) is 0 Å². The molecule has 2 nitrogen and oxygen atoms in total. The molecule has 1 aromatic rings. The summed E-state index contributed by atoms with van der Waals surface area (Å²) in [5.41, 5.74) is 2.06. The molecule has 2 heteroatoms. The first kappa shape index (κ1) is 14.5. The van der Waals surface area contributed by atoms with Crippen LogP contribution in [0.4, 0.5) is 0 Å². The SMILES string of the molecule is COCCNCC1(CCCc2ccccc2)CCC1. The first-order chi connectivity index (χ1) is 9.35. The minimum Gasteiger partial charge on any atom is -0.383 e. The Labute approximate surface area is 117 Å². The summed E-state index contributed by atoms with van der Waals surface area (Å²) in [5, 5.41) is 3.55. The standard InChI is InChI=1S/C17H27NO/c1-19-14-13-18-15-17(11-6-12-17)10-5-9-16-7-3-2-4-8-16/h2-4,7-8,18H,5-6,9-15H2,1H3. The van der Waals surface area contributed by atoms with E-state index in [2.05, 4.69) is 35.6 Å². The molecule has 0 heterocycles. The fourth-order valence-corrected chi connectivity index (χ4v) is 3.03. The van der Waals surface area contributed by atoms with Gasteiger partial charge in [-0.1, -0.05) is 36.8 Å². The van der Waals surface area contributed by atoms with E-state index >= 15 is 0 Å². The Hall–Kier alpha value is -0.860. The van der Waals surface area contributed by atoms with Gasteiger partial charge in [0.25, 0.3) is 0 Å². The van der Waals surface area contributed by atoms with Crippen LogP contribution in [0.15, 0.2) is 30.3 Å². The van der Waals surface area contributed by atoms with Crippen LogP contribution in [0.1, 0.15) is 37.7 Å². The van der Waals surface area contributed by atoms with Gasteiger partial charge in [0.2, 0.25) is 0 Å². The molecule has 0 aromatic heterocycles. The van der Waals surface area contributed by atoms with E-state index in [9.17, 15) is 0 Å². The second-order valence-electron chi connectivity index (χ2n) is 5.86. The number of benzene rings is 1. The lowest BCUT2D eigenvalue weighted by molar-refractivity contribution is 0.108. The van der Waals surface area contributed by atoms with Gasteiger partial charge in [0.15, 0.2) is 0 Å². The van der Waals surface area contributed by atoms with Crippen LogP contribution < -0.4 is 5.32 Å². The molecule has 0 radical (unpaired) electrons. The average molecular weight is 261 g/mol. The number of ether oxygens (including phenoxy) is 1. The molecule has 0 aliphatic heterocycles. The van der Waals surface area contributed by atoms with Crippen molar-refractivity contribution in [3.8, 4) is 0 Å². The van der Waals surface area contributed by atoms with Crippen molar-refractivity contribution >= 4 is 0 Å². The number of hydrogen-bond acceptors (Lipinski definition) is 2. The topological polar surface area (TPSA) is 21.3 Å². The largest absolute Gasteiger partial charge is 0.383 e. The van der Waals surface area contributed by atoms with Gasteiger partial charge in [-0.15, -0.1) is 0 Å². The van der Waals surface area contributed by atoms with Crippen molar-refractivity contribution in [2.24, 2.45) is 5.41 Å². The lowest BCUT2D eigenvalue weighted by Gasteiger charge is -2.42. The predicted octanol–water partition coefficient (Wildman–Crippen LogP) is 3.42. The molecule has 1 saturated carbocycles. The second-order valence-corrected chi connectivity index (χ2v) is 5.86. The molecule has 0 atom stereocenters. The van der Waals surface area contributed by atoms with Crippen molar-refractivity contribution in [1.82, 2.24) is 5.32 Å². The van der Waals surface area contributed by atoms with Crippen LogP contribution in [-0.2, 0) is 11.2 Å².